The zero-order valence-electron chi connectivity index (χ0n) is 20.8. The molecule has 0 bridgehead atoms. The van der Waals surface area contributed by atoms with E-state index in [0.29, 0.717) is 24.2 Å². The molecule has 1 N–H and O–H groups in total. The van der Waals surface area contributed by atoms with Crippen molar-refractivity contribution in [3.8, 4) is 17.7 Å². The minimum absolute atomic E-state index is 0.0132. The number of aliphatic hydroxyl groups is 1. The fourth-order valence-electron chi connectivity index (χ4n) is 4.14. The van der Waals surface area contributed by atoms with Gasteiger partial charge in [0.05, 0.1) is 12.6 Å². The third-order valence-electron chi connectivity index (χ3n) is 6.20. The van der Waals surface area contributed by atoms with Gasteiger partial charge in [-0.1, -0.05) is 24.8 Å². The Hall–Kier alpha value is -3.80. The normalized spacial score (nSPS) is 18.4. The summed E-state index contributed by atoms with van der Waals surface area (Å²) in [6.45, 7) is 5.58. The molecule has 3 aromatic rings. The van der Waals surface area contributed by atoms with Crippen molar-refractivity contribution >= 4 is 5.91 Å². The lowest BCUT2D eigenvalue weighted by atomic mass is 9.99. The lowest BCUT2D eigenvalue weighted by molar-refractivity contribution is 0.0325. The molecule has 0 spiro atoms. The molecule has 36 heavy (non-hydrogen) atoms. The SMILES string of the molecule is C[C@@H]1CN([C@H](C)CO)C(=O)c2cc(C#Cc3cccnc3)cnc2O[C@@H]1CN(C)Cc1cccnc1. The van der Waals surface area contributed by atoms with Crippen LogP contribution in [0, 0.1) is 17.8 Å². The molecule has 3 aromatic heterocycles. The zero-order chi connectivity index (χ0) is 25.5. The van der Waals surface area contributed by atoms with Crippen molar-refractivity contribution < 1.29 is 14.6 Å². The molecule has 0 fully saturated rings. The van der Waals surface area contributed by atoms with Gasteiger partial charge in [-0.2, -0.15) is 0 Å². The lowest BCUT2D eigenvalue weighted by Gasteiger charge is -2.37. The first-order chi connectivity index (χ1) is 17.4. The Balaban J connectivity index is 1.63. The maximum Gasteiger partial charge on any atom is 0.259 e. The Morgan fingerprint density at radius 1 is 1.17 bits per heavy atom. The summed E-state index contributed by atoms with van der Waals surface area (Å²) in [5.41, 5.74) is 2.83. The summed E-state index contributed by atoms with van der Waals surface area (Å²) in [6, 6.07) is 9.03. The predicted molar refractivity (Wildman–Crippen MR) is 136 cm³/mol. The predicted octanol–water partition coefficient (Wildman–Crippen LogP) is 2.62. The van der Waals surface area contributed by atoms with E-state index in [4.69, 9.17) is 4.74 Å². The van der Waals surface area contributed by atoms with Gasteiger partial charge >= 0.3 is 0 Å². The highest BCUT2D eigenvalue weighted by Gasteiger charge is 2.34. The molecular formula is C28H31N5O3. The fraction of sp³-hybridized carbons (Fsp3) is 0.357. The summed E-state index contributed by atoms with van der Waals surface area (Å²) in [4.78, 5) is 30.2. The summed E-state index contributed by atoms with van der Waals surface area (Å²) in [6.07, 6.45) is 8.39. The van der Waals surface area contributed by atoms with Crippen LogP contribution in [0.15, 0.2) is 61.3 Å². The van der Waals surface area contributed by atoms with Crippen molar-refractivity contribution in [1.29, 1.82) is 0 Å². The van der Waals surface area contributed by atoms with Crippen LogP contribution in [0.5, 0.6) is 5.88 Å². The molecule has 1 amide bonds. The number of fused-ring (bicyclic) bond motifs is 1. The Morgan fingerprint density at radius 3 is 2.61 bits per heavy atom. The van der Waals surface area contributed by atoms with Crippen molar-refractivity contribution in [3.05, 3.63) is 83.6 Å². The molecular weight excluding hydrogens is 454 g/mol. The third-order valence-corrected chi connectivity index (χ3v) is 6.20. The number of aromatic nitrogens is 3. The second kappa shape index (κ2) is 11.8. The van der Waals surface area contributed by atoms with Gasteiger partial charge in [-0.25, -0.2) is 4.98 Å². The average Bonchev–Trinajstić information content (AvgIpc) is 2.90. The molecule has 3 atom stereocenters. The van der Waals surface area contributed by atoms with Crippen LogP contribution in [0.4, 0.5) is 0 Å². The number of aliphatic hydroxyl groups excluding tert-OH is 1. The number of likely N-dealkylation sites (N-methyl/N-ethyl adjacent to an activating group) is 1. The molecule has 0 saturated heterocycles. The van der Waals surface area contributed by atoms with Crippen LogP contribution in [0.25, 0.3) is 0 Å². The second-order valence-corrected chi connectivity index (χ2v) is 9.25. The van der Waals surface area contributed by atoms with Gasteiger partial charge in [0.15, 0.2) is 0 Å². The van der Waals surface area contributed by atoms with Crippen molar-refractivity contribution in [2.75, 3.05) is 26.7 Å². The van der Waals surface area contributed by atoms with Crippen molar-refractivity contribution in [1.82, 2.24) is 24.8 Å². The Kier molecular flexibility index (Phi) is 8.26. The molecule has 8 heteroatoms. The maximum absolute atomic E-state index is 13.6. The van der Waals surface area contributed by atoms with E-state index in [-0.39, 0.29) is 36.5 Å². The van der Waals surface area contributed by atoms with E-state index >= 15 is 0 Å². The Bertz CT molecular complexity index is 1230. The molecule has 0 aliphatic carbocycles. The van der Waals surface area contributed by atoms with E-state index in [1.165, 1.54) is 0 Å². The molecule has 8 nitrogen and oxygen atoms in total. The lowest BCUT2D eigenvalue weighted by Crippen LogP contribution is -2.49. The second-order valence-electron chi connectivity index (χ2n) is 9.25. The quantitative estimate of drug-likeness (QED) is 0.537. The Morgan fingerprint density at radius 2 is 1.92 bits per heavy atom. The largest absolute Gasteiger partial charge is 0.472 e. The van der Waals surface area contributed by atoms with E-state index in [1.807, 2.05) is 44.4 Å². The number of rotatable bonds is 6. The number of carbonyl (C=O) groups excluding carboxylic acids is 1. The number of nitrogens with zero attached hydrogens (tertiary/aromatic N) is 5. The summed E-state index contributed by atoms with van der Waals surface area (Å²) in [5.74, 6) is 6.19. The van der Waals surface area contributed by atoms with E-state index < -0.39 is 0 Å². The van der Waals surface area contributed by atoms with E-state index in [1.54, 1.807) is 35.8 Å². The van der Waals surface area contributed by atoms with Crippen molar-refractivity contribution in [2.45, 2.75) is 32.5 Å². The number of pyridine rings is 3. The summed E-state index contributed by atoms with van der Waals surface area (Å²) >= 11 is 0. The minimum atomic E-state index is -0.343. The molecule has 1 aliphatic heterocycles. The number of amides is 1. The molecule has 0 aromatic carbocycles. The standard InChI is InChI=1S/C28H31N5O3/c1-20-16-33(21(2)19-34)28(35)25-12-23(9-8-22-6-4-10-29-13-22)15-31-27(25)36-26(20)18-32(3)17-24-7-5-11-30-14-24/h4-7,10-15,20-21,26,34H,16-19H2,1-3H3/t20-,21-,26-/m1/s1. The minimum Gasteiger partial charge on any atom is -0.472 e. The summed E-state index contributed by atoms with van der Waals surface area (Å²) in [5, 5.41) is 9.86. The molecule has 0 saturated carbocycles. The number of hydrogen-bond donors (Lipinski definition) is 1. The van der Waals surface area contributed by atoms with Crippen LogP contribution >= 0.6 is 0 Å². The molecule has 0 radical (unpaired) electrons. The highest BCUT2D eigenvalue weighted by molar-refractivity contribution is 5.97. The highest BCUT2D eigenvalue weighted by Crippen LogP contribution is 2.27. The van der Waals surface area contributed by atoms with Gasteiger partial charge in [0.1, 0.15) is 11.7 Å². The van der Waals surface area contributed by atoms with Gasteiger partial charge in [0.25, 0.3) is 5.91 Å². The van der Waals surface area contributed by atoms with Gasteiger partial charge in [-0.3, -0.25) is 19.7 Å². The molecule has 4 heterocycles. The summed E-state index contributed by atoms with van der Waals surface area (Å²) in [7, 11) is 2.03. The Labute approximate surface area is 212 Å². The molecule has 0 unspecified atom stereocenters. The van der Waals surface area contributed by atoms with Crippen LogP contribution < -0.4 is 4.74 Å². The number of ether oxygens (including phenoxy) is 1. The van der Waals surface area contributed by atoms with Crippen molar-refractivity contribution in [2.24, 2.45) is 5.92 Å². The number of hydrogen-bond acceptors (Lipinski definition) is 7. The topological polar surface area (TPSA) is 91.7 Å². The molecule has 186 valence electrons. The van der Waals surface area contributed by atoms with Crippen LogP contribution in [0.3, 0.4) is 0 Å². The van der Waals surface area contributed by atoms with Crippen LogP contribution in [0.2, 0.25) is 0 Å². The van der Waals surface area contributed by atoms with Crippen LogP contribution in [-0.2, 0) is 6.54 Å². The van der Waals surface area contributed by atoms with Gasteiger partial charge in [-0.15, -0.1) is 0 Å². The van der Waals surface area contributed by atoms with Gasteiger partial charge in [0, 0.05) is 67.7 Å². The first-order valence-electron chi connectivity index (χ1n) is 12.0. The summed E-state index contributed by atoms with van der Waals surface area (Å²) < 4.78 is 6.37. The zero-order valence-corrected chi connectivity index (χ0v) is 20.8. The first-order valence-corrected chi connectivity index (χ1v) is 12.0. The molecule has 4 rings (SSSR count). The third kappa shape index (κ3) is 6.25. The van der Waals surface area contributed by atoms with E-state index in [9.17, 15) is 9.90 Å². The number of carbonyl (C=O) groups is 1. The maximum atomic E-state index is 13.6. The van der Waals surface area contributed by atoms with Gasteiger partial charge in [0.2, 0.25) is 5.88 Å². The first kappa shape index (κ1) is 25.3. The van der Waals surface area contributed by atoms with Gasteiger partial charge in [-0.05, 0) is 43.8 Å². The fourth-order valence-corrected chi connectivity index (χ4v) is 4.14. The van der Waals surface area contributed by atoms with Crippen LogP contribution in [-0.4, -0.2) is 74.7 Å². The smallest absolute Gasteiger partial charge is 0.259 e. The van der Waals surface area contributed by atoms with E-state index in [2.05, 4.69) is 38.6 Å². The van der Waals surface area contributed by atoms with Crippen molar-refractivity contribution in [3.63, 3.8) is 0 Å². The van der Waals surface area contributed by atoms with E-state index in [0.717, 1.165) is 17.7 Å². The van der Waals surface area contributed by atoms with Crippen LogP contribution in [0.1, 0.15) is 40.9 Å². The van der Waals surface area contributed by atoms with Gasteiger partial charge < -0.3 is 14.7 Å². The average molecular weight is 486 g/mol. The molecule has 1 aliphatic rings. The monoisotopic (exact) mass is 485 g/mol. The highest BCUT2D eigenvalue weighted by atomic mass is 16.5.